The first-order chi connectivity index (χ1) is 10.3. The van der Waals surface area contributed by atoms with Gasteiger partial charge >= 0.3 is 5.97 Å². The zero-order valence-corrected chi connectivity index (χ0v) is 13.5. The van der Waals surface area contributed by atoms with Gasteiger partial charge in [-0.3, -0.25) is 4.79 Å². The van der Waals surface area contributed by atoms with Crippen molar-refractivity contribution in [2.75, 3.05) is 19.7 Å². The lowest BCUT2D eigenvalue weighted by Gasteiger charge is -2.33. The van der Waals surface area contributed by atoms with Gasteiger partial charge in [0, 0.05) is 19.2 Å². The van der Waals surface area contributed by atoms with E-state index >= 15 is 0 Å². The fraction of sp³-hybridized carbons (Fsp3) is 0.533. The maximum absolute atomic E-state index is 12.7. The minimum atomic E-state index is -3.71. The Morgan fingerprint density at radius 1 is 1.41 bits per heavy atom. The van der Waals surface area contributed by atoms with E-state index in [1.54, 1.807) is 12.1 Å². The summed E-state index contributed by atoms with van der Waals surface area (Å²) in [5.74, 6) is -1.11. The second-order valence-corrected chi connectivity index (χ2v) is 7.54. The van der Waals surface area contributed by atoms with Gasteiger partial charge in [-0.2, -0.15) is 4.31 Å². The number of hydrogen-bond donors (Lipinski definition) is 1. The van der Waals surface area contributed by atoms with Crippen LogP contribution in [0, 0.1) is 11.8 Å². The van der Waals surface area contributed by atoms with Crippen LogP contribution in [0.25, 0.3) is 0 Å². The van der Waals surface area contributed by atoms with E-state index in [0.29, 0.717) is 25.3 Å². The van der Waals surface area contributed by atoms with Crippen LogP contribution in [-0.2, 0) is 14.8 Å². The maximum atomic E-state index is 12.7. The predicted octanol–water partition coefficient (Wildman–Crippen LogP) is 1.82. The number of rotatable bonds is 5. The SMILES string of the molecule is CCOc1cccc(S(=O)(=O)N2CC(C)CC(C(=O)O)C2)c1. The van der Waals surface area contributed by atoms with E-state index in [4.69, 9.17) is 4.74 Å². The van der Waals surface area contributed by atoms with Crippen LogP contribution in [0.15, 0.2) is 29.2 Å². The average molecular weight is 327 g/mol. The van der Waals surface area contributed by atoms with Gasteiger partial charge in [0.25, 0.3) is 0 Å². The average Bonchev–Trinajstić information content (AvgIpc) is 2.47. The zero-order chi connectivity index (χ0) is 16.3. The molecule has 1 aromatic carbocycles. The Morgan fingerprint density at radius 2 is 2.14 bits per heavy atom. The number of carboxylic acid groups (broad SMARTS) is 1. The summed E-state index contributed by atoms with van der Waals surface area (Å²) in [5.41, 5.74) is 0. The Bertz CT molecular complexity index is 643. The van der Waals surface area contributed by atoms with Gasteiger partial charge in [0.1, 0.15) is 5.75 Å². The minimum Gasteiger partial charge on any atom is -0.494 e. The molecule has 1 fully saturated rings. The second-order valence-electron chi connectivity index (χ2n) is 5.61. The highest BCUT2D eigenvalue weighted by Crippen LogP contribution is 2.28. The highest BCUT2D eigenvalue weighted by Gasteiger charge is 2.36. The molecule has 0 bridgehead atoms. The molecule has 2 atom stereocenters. The Morgan fingerprint density at radius 3 is 2.77 bits per heavy atom. The normalized spacial score (nSPS) is 23.2. The first-order valence-corrected chi connectivity index (χ1v) is 8.74. The molecule has 1 aliphatic rings. The third kappa shape index (κ3) is 3.59. The van der Waals surface area contributed by atoms with Gasteiger partial charge in [0.15, 0.2) is 0 Å². The van der Waals surface area contributed by atoms with Gasteiger partial charge in [-0.05, 0) is 31.4 Å². The lowest BCUT2D eigenvalue weighted by atomic mass is 9.92. The van der Waals surface area contributed by atoms with E-state index in [1.807, 2.05) is 13.8 Å². The Kier molecular flexibility index (Phi) is 5.08. The summed E-state index contributed by atoms with van der Waals surface area (Å²) in [6.45, 7) is 4.50. The van der Waals surface area contributed by atoms with Gasteiger partial charge in [-0.15, -0.1) is 0 Å². The summed E-state index contributed by atoms with van der Waals surface area (Å²) in [4.78, 5) is 11.3. The molecule has 122 valence electrons. The number of benzene rings is 1. The number of hydrogen-bond acceptors (Lipinski definition) is 4. The summed E-state index contributed by atoms with van der Waals surface area (Å²) in [5, 5.41) is 9.18. The van der Waals surface area contributed by atoms with Crippen LogP contribution in [0.3, 0.4) is 0 Å². The molecule has 6 nitrogen and oxygen atoms in total. The molecule has 0 aromatic heterocycles. The van der Waals surface area contributed by atoms with E-state index in [9.17, 15) is 18.3 Å². The highest BCUT2D eigenvalue weighted by molar-refractivity contribution is 7.89. The fourth-order valence-electron chi connectivity index (χ4n) is 2.72. The molecule has 1 aliphatic heterocycles. The second kappa shape index (κ2) is 6.66. The summed E-state index contributed by atoms with van der Waals surface area (Å²) in [6, 6.07) is 6.31. The number of sulfonamides is 1. The minimum absolute atomic E-state index is 0.0136. The van der Waals surface area contributed by atoms with E-state index < -0.39 is 21.9 Å². The highest BCUT2D eigenvalue weighted by atomic mass is 32.2. The molecule has 1 heterocycles. The first kappa shape index (κ1) is 16.8. The smallest absolute Gasteiger partial charge is 0.307 e. The number of nitrogens with zero attached hydrogens (tertiary/aromatic N) is 1. The first-order valence-electron chi connectivity index (χ1n) is 7.30. The van der Waals surface area contributed by atoms with Gasteiger partial charge in [0.05, 0.1) is 17.4 Å². The van der Waals surface area contributed by atoms with Crippen molar-refractivity contribution in [1.82, 2.24) is 4.31 Å². The molecular formula is C15H21NO5S. The maximum Gasteiger partial charge on any atom is 0.307 e. The van der Waals surface area contributed by atoms with Crippen LogP contribution in [0.2, 0.25) is 0 Å². The molecule has 0 saturated carbocycles. The number of piperidine rings is 1. The van der Waals surface area contributed by atoms with E-state index in [1.165, 1.54) is 16.4 Å². The summed E-state index contributed by atoms with van der Waals surface area (Å²) < 4.78 is 32.1. The topological polar surface area (TPSA) is 83.9 Å². The third-order valence-electron chi connectivity index (χ3n) is 3.73. The van der Waals surface area contributed by atoms with Crippen LogP contribution >= 0.6 is 0 Å². The lowest BCUT2D eigenvalue weighted by Crippen LogP contribution is -2.45. The van der Waals surface area contributed by atoms with Crippen molar-refractivity contribution in [1.29, 1.82) is 0 Å². The van der Waals surface area contributed by atoms with E-state index in [-0.39, 0.29) is 17.4 Å². The number of ether oxygens (including phenoxy) is 1. The molecule has 2 rings (SSSR count). The van der Waals surface area contributed by atoms with Gasteiger partial charge in [0.2, 0.25) is 10.0 Å². The van der Waals surface area contributed by atoms with Crippen molar-refractivity contribution in [3.05, 3.63) is 24.3 Å². The van der Waals surface area contributed by atoms with Gasteiger partial charge < -0.3 is 9.84 Å². The molecule has 1 saturated heterocycles. The molecular weight excluding hydrogens is 306 g/mol. The number of carbonyl (C=O) groups is 1. The van der Waals surface area contributed by atoms with Gasteiger partial charge in [-0.1, -0.05) is 13.0 Å². The molecule has 1 aromatic rings. The van der Waals surface area contributed by atoms with Crippen molar-refractivity contribution in [2.45, 2.75) is 25.2 Å². The monoisotopic (exact) mass is 327 g/mol. The molecule has 22 heavy (non-hydrogen) atoms. The van der Waals surface area contributed by atoms with Crippen molar-refractivity contribution >= 4 is 16.0 Å². The molecule has 2 unspecified atom stereocenters. The Hall–Kier alpha value is -1.60. The van der Waals surface area contributed by atoms with Crippen LogP contribution in [0.4, 0.5) is 0 Å². The van der Waals surface area contributed by atoms with E-state index in [0.717, 1.165) is 0 Å². The quantitative estimate of drug-likeness (QED) is 0.892. The van der Waals surface area contributed by atoms with E-state index in [2.05, 4.69) is 0 Å². The number of carboxylic acids is 1. The summed E-state index contributed by atoms with van der Waals surface area (Å²) in [6.07, 6.45) is 0.500. The number of aliphatic carboxylic acids is 1. The zero-order valence-electron chi connectivity index (χ0n) is 12.7. The third-order valence-corrected chi connectivity index (χ3v) is 5.56. The summed E-state index contributed by atoms with van der Waals surface area (Å²) >= 11 is 0. The molecule has 0 radical (unpaired) electrons. The molecule has 7 heteroatoms. The molecule has 0 spiro atoms. The lowest BCUT2D eigenvalue weighted by molar-refractivity contribution is -0.143. The molecule has 0 aliphatic carbocycles. The van der Waals surface area contributed by atoms with Crippen molar-refractivity contribution in [3.63, 3.8) is 0 Å². The van der Waals surface area contributed by atoms with Crippen LogP contribution in [0.5, 0.6) is 5.75 Å². The van der Waals surface area contributed by atoms with Crippen LogP contribution in [0.1, 0.15) is 20.3 Å². The Labute approximate surface area is 130 Å². The van der Waals surface area contributed by atoms with Crippen LogP contribution < -0.4 is 4.74 Å². The van der Waals surface area contributed by atoms with Crippen molar-refractivity contribution in [3.8, 4) is 5.75 Å². The standard InChI is InChI=1S/C15H21NO5S/c1-3-21-13-5-4-6-14(8-13)22(19,20)16-9-11(2)7-12(10-16)15(17)18/h4-6,8,11-12H,3,7,9-10H2,1-2H3,(H,17,18). The van der Waals surface area contributed by atoms with Gasteiger partial charge in [-0.25, -0.2) is 8.42 Å². The molecule has 1 N–H and O–H groups in total. The van der Waals surface area contributed by atoms with Crippen LogP contribution in [-0.4, -0.2) is 43.5 Å². The van der Waals surface area contributed by atoms with Crippen molar-refractivity contribution < 1.29 is 23.1 Å². The largest absolute Gasteiger partial charge is 0.494 e. The van der Waals surface area contributed by atoms with Crippen molar-refractivity contribution in [2.24, 2.45) is 11.8 Å². The molecule has 0 amide bonds. The predicted molar refractivity (Wildman–Crippen MR) is 81.3 cm³/mol. The fourth-order valence-corrected chi connectivity index (χ4v) is 4.36. The Balaban J connectivity index is 2.29. The summed E-state index contributed by atoms with van der Waals surface area (Å²) in [7, 11) is -3.71.